The van der Waals surface area contributed by atoms with Crippen LogP contribution in [0.5, 0.6) is 11.6 Å². The Bertz CT molecular complexity index is 1700. The molecule has 3 aromatic carbocycles. The van der Waals surface area contributed by atoms with Gasteiger partial charge in [0, 0.05) is 29.4 Å². The van der Waals surface area contributed by atoms with E-state index < -0.39 is 43.3 Å². The Kier molecular flexibility index (Phi) is 8.49. The summed E-state index contributed by atoms with van der Waals surface area (Å²) >= 11 is 0. The Hall–Kier alpha value is -4.62. The SMILES string of the molecule is CCC(C)NS(=O)(=O)c1cc([N+](=O)[O-])ccc1Oc1c(C)c(C(=O)Nc2ccc(F)cc2)nn1-c1ccc(C)cc1. The first-order valence-electron chi connectivity index (χ1n) is 12.6. The number of sulfonamides is 1. The Morgan fingerprint density at radius 2 is 1.76 bits per heavy atom. The minimum atomic E-state index is -4.25. The molecule has 0 fully saturated rings. The van der Waals surface area contributed by atoms with Crippen molar-refractivity contribution in [1.29, 1.82) is 0 Å². The lowest BCUT2D eigenvalue weighted by Crippen LogP contribution is -2.32. The van der Waals surface area contributed by atoms with E-state index in [2.05, 4.69) is 15.1 Å². The van der Waals surface area contributed by atoms with Gasteiger partial charge in [-0.2, -0.15) is 9.78 Å². The molecule has 11 nitrogen and oxygen atoms in total. The third-order valence-electron chi connectivity index (χ3n) is 6.27. The van der Waals surface area contributed by atoms with Gasteiger partial charge in [-0.3, -0.25) is 14.9 Å². The number of ether oxygens (including phenoxy) is 1. The first-order valence-corrected chi connectivity index (χ1v) is 14.1. The summed E-state index contributed by atoms with van der Waals surface area (Å²) in [6.45, 7) is 6.93. The van der Waals surface area contributed by atoms with Crippen LogP contribution < -0.4 is 14.8 Å². The van der Waals surface area contributed by atoms with Crippen LogP contribution in [0.1, 0.15) is 41.9 Å². The number of hydrogen-bond donors (Lipinski definition) is 2. The molecule has 1 aromatic heterocycles. The number of aromatic nitrogens is 2. The number of nitro groups is 1. The summed E-state index contributed by atoms with van der Waals surface area (Å²) in [6.07, 6.45) is 0.482. The molecule has 0 radical (unpaired) electrons. The molecule has 1 amide bonds. The third kappa shape index (κ3) is 6.58. The molecule has 41 heavy (non-hydrogen) atoms. The molecule has 0 aliphatic heterocycles. The van der Waals surface area contributed by atoms with Gasteiger partial charge in [0.1, 0.15) is 16.5 Å². The van der Waals surface area contributed by atoms with Crippen molar-refractivity contribution >= 4 is 27.3 Å². The first-order chi connectivity index (χ1) is 19.4. The number of rotatable bonds is 10. The van der Waals surface area contributed by atoms with Crippen LogP contribution in [0.15, 0.2) is 71.6 Å². The number of nitrogens with one attached hydrogen (secondary N) is 2. The number of non-ortho nitro benzene ring substituents is 1. The molecular formula is C28H28FN5O6S. The van der Waals surface area contributed by atoms with E-state index in [-0.39, 0.29) is 22.9 Å². The number of hydrogen-bond acceptors (Lipinski definition) is 7. The molecule has 4 aromatic rings. The van der Waals surface area contributed by atoms with Crippen molar-refractivity contribution in [3.63, 3.8) is 0 Å². The molecule has 1 unspecified atom stereocenters. The van der Waals surface area contributed by atoms with Crippen molar-refractivity contribution in [2.24, 2.45) is 0 Å². The zero-order valence-corrected chi connectivity index (χ0v) is 23.5. The number of anilines is 1. The molecule has 0 bridgehead atoms. The highest BCUT2D eigenvalue weighted by Crippen LogP contribution is 2.36. The summed E-state index contributed by atoms with van der Waals surface area (Å²) in [6, 6.07) is 15.1. The molecule has 2 N–H and O–H groups in total. The van der Waals surface area contributed by atoms with E-state index in [0.717, 1.165) is 17.7 Å². The number of halogens is 1. The number of carbonyl (C=O) groups is 1. The molecule has 13 heteroatoms. The second-order valence-electron chi connectivity index (χ2n) is 9.41. The van der Waals surface area contributed by atoms with E-state index in [1.165, 1.54) is 35.0 Å². The summed E-state index contributed by atoms with van der Waals surface area (Å²) < 4.78 is 49.8. The van der Waals surface area contributed by atoms with Crippen LogP contribution in [0, 0.1) is 29.8 Å². The largest absolute Gasteiger partial charge is 0.437 e. The van der Waals surface area contributed by atoms with Crippen LogP contribution in [0.4, 0.5) is 15.8 Å². The molecular weight excluding hydrogens is 553 g/mol. The van der Waals surface area contributed by atoms with Gasteiger partial charge < -0.3 is 10.1 Å². The van der Waals surface area contributed by atoms with Gasteiger partial charge in [-0.05, 0) is 69.7 Å². The predicted octanol–water partition coefficient (Wildman–Crippen LogP) is 5.66. The molecule has 214 valence electrons. The summed E-state index contributed by atoms with van der Waals surface area (Å²) in [5.74, 6) is -1.25. The van der Waals surface area contributed by atoms with Gasteiger partial charge >= 0.3 is 0 Å². The number of carbonyl (C=O) groups excluding carboxylic acids is 1. The number of benzene rings is 3. The van der Waals surface area contributed by atoms with Crippen molar-refractivity contribution in [1.82, 2.24) is 14.5 Å². The van der Waals surface area contributed by atoms with Gasteiger partial charge in [0.2, 0.25) is 15.9 Å². The van der Waals surface area contributed by atoms with Crippen LogP contribution >= 0.6 is 0 Å². The smallest absolute Gasteiger partial charge is 0.276 e. The fourth-order valence-electron chi connectivity index (χ4n) is 3.82. The number of nitrogens with zero attached hydrogens (tertiary/aromatic N) is 3. The van der Waals surface area contributed by atoms with Gasteiger partial charge in [0.05, 0.1) is 10.6 Å². The van der Waals surface area contributed by atoms with E-state index >= 15 is 0 Å². The lowest BCUT2D eigenvalue weighted by atomic mass is 10.2. The molecule has 1 atom stereocenters. The normalized spacial score (nSPS) is 12.1. The van der Waals surface area contributed by atoms with Crippen molar-refractivity contribution in [3.05, 3.63) is 99.5 Å². The highest BCUT2D eigenvalue weighted by Gasteiger charge is 2.28. The van der Waals surface area contributed by atoms with Gasteiger partial charge in [0.15, 0.2) is 5.69 Å². The second-order valence-corrected chi connectivity index (χ2v) is 11.1. The average molecular weight is 582 g/mol. The minimum absolute atomic E-state index is 0.0203. The number of aryl methyl sites for hydroxylation is 1. The van der Waals surface area contributed by atoms with Gasteiger partial charge in [-0.25, -0.2) is 17.5 Å². The zero-order chi connectivity index (χ0) is 29.9. The fourth-order valence-corrected chi connectivity index (χ4v) is 5.29. The highest BCUT2D eigenvalue weighted by atomic mass is 32.2. The fraction of sp³-hybridized carbons (Fsp3) is 0.214. The maximum atomic E-state index is 13.3. The van der Waals surface area contributed by atoms with Crippen LogP contribution in [-0.4, -0.2) is 35.1 Å². The molecule has 0 aliphatic carbocycles. The number of nitro benzene ring substituents is 1. The van der Waals surface area contributed by atoms with E-state index in [1.54, 1.807) is 32.9 Å². The van der Waals surface area contributed by atoms with Crippen molar-refractivity contribution in [2.75, 3.05) is 5.32 Å². The topological polar surface area (TPSA) is 145 Å². The maximum absolute atomic E-state index is 13.3. The Balaban J connectivity index is 1.84. The summed E-state index contributed by atoms with van der Waals surface area (Å²) in [5.41, 5.74) is 1.61. The van der Waals surface area contributed by atoms with Crippen LogP contribution in [0.2, 0.25) is 0 Å². The zero-order valence-electron chi connectivity index (χ0n) is 22.7. The predicted molar refractivity (Wildman–Crippen MR) is 151 cm³/mol. The Morgan fingerprint density at radius 3 is 2.37 bits per heavy atom. The third-order valence-corrected chi connectivity index (χ3v) is 7.88. The van der Waals surface area contributed by atoms with Crippen molar-refractivity contribution in [2.45, 2.75) is 45.1 Å². The van der Waals surface area contributed by atoms with Crippen molar-refractivity contribution < 1.29 is 27.3 Å². The quantitative estimate of drug-likeness (QED) is 0.182. The van der Waals surface area contributed by atoms with Crippen molar-refractivity contribution in [3.8, 4) is 17.3 Å². The van der Waals surface area contributed by atoms with Gasteiger partial charge in [-0.1, -0.05) is 24.6 Å². The van der Waals surface area contributed by atoms with E-state index in [1.807, 2.05) is 19.1 Å². The molecule has 0 spiro atoms. The number of amides is 1. The molecule has 0 saturated heterocycles. The molecule has 1 heterocycles. The summed E-state index contributed by atoms with van der Waals surface area (Å²) in [5, 5.41) is 18.6. The van der Waals surface area contributed by atoms with E-state index in [9.17, 15) is 27.7 Å². The highest BCUT2D eigenvalue weighted by molar-refractivity contribution is 7.89. The average Bonchev–Trinajstić information content (AvgIpc) is 3.25. The van der Waals surface area contributed by atoms with Crippen LogP contribution in [0.25, 0.3) is 5.69 Å². The van der Waals surface area contributed by atoms with Crippen LogP contribution in [0.3, 0.4) is 0 Å². The van der Waals surface area contributed by atoms with Gasteiger partial charge in [0.25, 0.3) is 11.6 Å². The summed E-state index contributed by atoms with van der Waals surface area (Å²) in [7, 11) is -4.25. The van der Waals surface area contributed by atoms with Gasteiger partial charge in [-0.15, -0.1) is 0 Å². The lowest BCUT2D eigenvalue weighted by Gasteiger charge is -2.16. The summed E-state index contributed by atoms with van der Waals surface area (Å²) in [4.78, 5) is 23.5. The first kappa shape index (κ1) is 29.4. The monoisotopic (exact) mass is 581 g/mol. The lowest BCUT2D eigenvalue weighted by molar-refractivity contribution is -0.385. The molecule has 0 aliphatic rings. The minimum Gasteiger partial charge on any atom is -0.437 e. The molecule has 4 rings (SSSR count). The van der Waals surface area contributed by atoms with E-state index in [4.69, 9.17) is 4.74 Å². The second kappa shape index (κ2) is 11.9. The Labute approximate surface area is 236 Å². The molecule has 0 saturated carbocycles. The van der Waals surface area contributed by atoms with E-state index in [0.29, 0.717) is 17.8 Å². The van der Waals surface area contributed by atoms with Crippen LogP contribution in [-0.2, 0) is 10.0 Å². The standard InChI is InChI=1S/C28H28FN5O6S/c1-5-18(3)32-41(38,39)25-16-23(34(36)37)14-15-24(25)40-28-19(4)26(27(35)30-21-10-8-20(29)9-11-21)31-33(28)22-12-6-17(2)7-13-22/h6-16,18,32H,5H2,1-4H3,(H,30,35). The maximum Gasteiger partial charge on any atom is 0.276 e. The Morgan fingerprint density at radius 1 is 1.10 bits per heavy atom.